The number of likely N-dealkylation sites (N-methyl/N-ethyl adjacent to an activating group) is 1. The summed E-state index contributed by atoms with van der Waals surface area (Å²) in [5, 5.41) is 4.57. The number of hydrogen-bond donors (Lipinski definition) is 0. The number of rotatable bonds is 5. The molecule has 1 amide bonds. The molecule has 0 fully saturated rings. The van der Waals surface area contributed by atoms with Crippen LogP contribution in [0.2, 0.25) is 5.02 Å². The van der Waals surface area contributed by atoms with Crippen molar-refractivity contribution in [3.05, 3.63) is 70.1 Å². The van der Waals surface area contributed by atoms with Crippen molar-refractivity contribution in [2.75, 3.05) is 7.05 Å². The second kappa shape index (κ2) is 7.70. The fourth-order valence-electron chi connectivity index (χ4n) is 2.70. The number of nitrogens with zero attached hydrogens (tertiary/aromatic N) is 3. The Balaban J connectivity index is 1.66. The Morgan fingerprint density at radius 1 is 1.19 bits per heavy atom. The van der Waals surface area contributed by atoms with E-state index in [0.29, 0.717) is 23.2 Å². The van der Waals surface area contributed by atoms with Crippen LogP contribution in [0.5, 0.6) is 0 Å². The molecule has 0 spiro atoms. The summed E-state index contributed by atoms with van der Waals surface area (Å²) in [4.78, 5) is 18.4. The molecule has 0 aliphatic rings. The van der Waals surface area contributed by atoms with E-state index in [9.17, 15) is 4.79 Å². The van der Waals surface area contributed by atoms with Crippen molar-refractivity contribution >= 4 is 17.5 Å². The zero-order valence-corrected chi connectivity index (χ0v) is 15.7. The molecule has 26 heavy (non-hydrogen) atoms. The minimum Gasteiger partial charge on any atom is -0.337 e. The van der Waals surface area contributed by atoms with Gasteiger partial charge in [0.2, 0.25) is 17.6 Å². The Bertz CT molecular complexity index is 936. The molecule has 0 unspecified atom stereocenters. The second-order valence-electron chi connectivity index (χ2n) is 6.38. The third-order valence-corrected chi connectivity index (χ3v) is 4.42. The first-order valence-corrected chi connectivity index (χ1v) is 8.69. The van der Waals surface area contributed by atoms with Gasteiger partial charge in [0.25, 0.3) is 0 Å². The van der Waals surface area contributed by atoms with Gasteiger partial charge in [-0.2, -0.15) is 4.98 Å². The van der Waals surface area contributed by atoms with Gasteiger partial charge >= 0.3 is 0 Å². The average Bonchev–Trinajstić information content (AvgIpc) is 3.06. The van der Waals surface area contributed by atoms with E-state index in [1.807, 2.05) is 38.1 Å². The Morgan fingerprint density at radius 3 is 2.73 bits per heavy atom. The molecule has 0 N–H and O–H groups in total. The lowest BCUT2D eigenvalue weighted by atomic mass is 10.0. The number of halogens is 1. The molecule has 0 bridgehead atoms. The van der Waals surface area contributed by atoms with Gasteiger partial charge in [-0.15, -0.1) is 0 Å². The summed E-state index contributed by atoms with van der Waals surface area (Å²) in [7, 11) is 1.73. The van der Waals surface area contributed by atoms with Gasteiger partial charge in [0.1, 0.15) is 0 Å². The van der Waals surface area contributed by atoms with Crippen LogP contribution in [-0.4, -0.2) is 28.0 Å². The summed E-state index contributed by atoms with van der Waals surface area (Å²) in [6, 6.07) is 13.3. The smallest absolute Gasteiger partial charge is 0.246 e. The standard InChI is InChI=1S/C20H20ClN3O2/c1-13-7-8-15(14(2)9-13)11-19(25)24(3)12-18-22-20(23-26-18)16-5-4-6-17(21)10-16/h4-10H,11-12H2,1-3H3. The van der Waals surface area contributed by atoms with Crippen molar-refractivity contribution in [3.8, 4) is 11.4 Å². The van der Waals surface area contributed by atoms with E-state index in [-0.39, 0.29) is 12.5 Å². The molecule has 0 aliphatic heterocycles. The van der Waals surface area contributed by atoms with Crippen molar-refractivity contribution in [1.29, 1.82) is 0 Å². The minimum absolute atomic E-state index is 0.000501. The van der Waals surface area contributed by atoms with Crippen LogP contribution in [0.4, 0.5) is 0 Å². The molecule has 1 aromatic heterocycles. The zero-order valence-electron chi connectivity index (χ0n) is 15.0. The maximum Gasteiger partial charge on any atom is 0.246 e. The van der Waals surface area contributed by atoms with Crippen LogP contribution in [0.3, 0.4) is 0 Å². The number of benzene rings is 2. The molecule has 6 heteroatoms. The van der Waals surface area contributed by atoms with Gasteiger partial charge < -0.3 is 9.42 Å². The van der Waals surface area contributed by atoms with Crippen molar-refractivity contribution in [1.82, 2.24) is 15.0 Å². The van der Waals surface area contributed by atoms with E-state index in [4.69, 9.17) is 16.1 Å². The van der Waals surface area contributed by atoms with Crippen LogP contribution in [0.1, 0.15) is 22.6 Å². The summed E-state index contributed by atoms with van der Waals surface area (Å²) in [6.07, 6.45) is 0.345. The van der Waals surface area contributed by atoms with Crippen molar-refractivity contribution in [2.24, 2.45) is 0 Å². The Hall–Kier alpha value is -2.66. The first-order valence-electron chi connectivity index (χ1n) is 8.31. The molecule has 1 heterocycles. The fraction of sp³-hybridized carbons (Fsp3) is 0.250. The van der Waals surface area contributed by atoms with Gasteiger partial charge in [-0.3, -0.25) is 4.79 Å². The third-order valence-electron chi connectivity index (χ3n) is 4.19. The number of aryl methyl sites for hydroxylation is 2. The van der Waals surface area contributed by atoms with Gasteiger partial charge in [0, 0.05) is 17.6 Å². The minimum atomic E-state index is -0.000501. The summed E-state index contributed by atoms with van der Waals surface area (Å²) >= 11 is 5.99. The van der Waals surface area contributed by atoms with Crippen LogP contribution in [0, 0.1) is 13.8 Å². The quantitative estimate of drug-likeness (QED) is 0.676. The topological polar surface area (TPSA) is 59.2 Å². The molecule has 5 nitrogen and oxygen atoms in total. The molecular weight excluding hydrogens is 350 g/mol. The molecule has 3 aromatic rings. The normalized spacial score (nSPS) is 10.8. The largest absolute Gasteiger partial charge is 0.337 e. The highest BCUT2D eigenvalue weighted by atomic mass is 35.5. The van der Waals surface area contributed by atoms with Crippen LogP contribution < -0.4 is 0 Å². The van der Waals surface area contributed by atoms with Gasteiger partial charge in [0.05, 0.1) is 13.0 Å². The number of carbonyl (C=O) groups excluding carboxylic acids is 1. The summed E-state index contributed by atoms with van der Waals surface area (Å²) in [5.74, 6) is 0.841. The van der Waals surface area contributed by atoms with Crippen molar-refractivity contribution in [3.63, 3.8) is 0 Å². The third kappa shape index (κ3) is 4.29. The first kappa shape index (κ1) is 18.1. The second-order valence-corrected chi connectivity index (χ2v) is 6.82. The molecule has 0 saturated heterocycles. The predicted octanol–water partition coefficient (Wildman–Crippen LogP) is 4.21. The fourth-order valence-corrected chi connectivity index (χ4v) is 2.89. The van der Waals surface area contributed by atoms with Gasteiger partial charge in [-0.25, -0.2) is 0 Å². The maximum absolute atomic E-state index is 12.5. The summed E-state index contributed by atoms with van der Waals surface area (Å²) in [5.41, 5.74) is 4.11. The van der Waals surface area contributed by atoms with Gasteiger partial charge in [0.15, 0.2) is 0 Å². The lowest BCUT2D eigenvalue weighted by Crippen LogP contribution is -2.28. The zero-order chi connectivity index (χ0) is 18.7. The molecule has 0 aliphatic carbocycles. The van der Waals surface area contributed by atoms with Crippen LogP contribution in [-0.2, 0) is 17.8 Å². The van der Waals surface area contributed by atoms with E-state index in [0.717, 1.165) is 16.7 Å². The number of amides is 1. The molecule has 3 rings (SSSR count). The van der Waals surface area contributed by atoms with Gasteiger partial charge in [-0.1, -0.05) is 52.7 Å². The highest BCUT2D eigenvalue weighted by Crippen LogP contribution is 2.20. The molecule has 2 aromatic carbocycles. The predicted molar refractivity (Wildman–Crippen MR) is 101 cm³/mol. The average molecular weight is 370 g/mol. The van der Waals surface area contributed by atoms with Crippen molar-refractivity contribution < 1.29 is 9.32 Å². The molecule has 0 saturated carbocycles. The van der Waals surface area contributed by atoms with Gasteiger partial charge in [-0.05, 0) is 37.1 Å². The van der Waals surface area contributed by atoms with Crippen LogP contribution in [0.15, 0.2) is 47.0 Å². The Morgan fingerprint density at radius 2 is 2.00 bits per heavy atom. The Labute approximate surface area is 157 Å². The van der Waals surface area contributed by atoms with E-state index >= 15 is 0 Å². The number of hydrogen-bond acceptors (Lipinski definition) is 4. The number of carbonyl (C=O) groups is 1. The number of aromatic nitrogens is 2. The summed E-state index contributed by atoms with van der Waals surface area (Å²) in [6.45, 7) is 4.32. The van der Waals surface area contributed by atoms with Crippen LogP contribution >= 0.6 is 11.6 Å². The summed E-state index contributed by atoms with van der Waals surface area (Å²) < 4.78 is 5.27. The lowest BCUT2D eigenvalue weighted by Gasteiger charge is -2.15. The SMILES string of the molecule is Cc1ccc(CC(=O)N(C)Cc2nc(-c3cccc(Cl)c3)no2)c(C)c1. The highest BCUT2D eigenvalue weighted by molar-refractivity contribution is 6.30. The lowest BCUT2D eigenvalue weighted by molar-refractivity contribution is -0.130. The Kier molecular flexibility index (Phi) is 5.38. The monoisotopic (exact) mass is 369 g/mol. The molecule has 134 valence electrons. The molecule has 0 atom stereocenters. The van der Waals surface area contributed by atoms with Crippen molar-refractivity contribution in [2.45, 2.75) is 26.8 Å². The molecule has 0 radical (unpaired) electrons. The van der Waals surface area contributed by atoms with E-state index in [1.165, 1.54) is 5.56 Å². The van der Waals surface area contributed by atoms with E-state index in [1.54, 1.807) is 24.1 Å². The van der Waals surface area contributed by atoms with E-state index < -0.39 is 0 Å². The first-order chi connectivity index (χ1) is 12.4. The highest BCUT2D eigenvalue weighted by Gasteiger charge is 2.16. The van der Waals surface area contributed by atoms with Crippen LogP contribution in [0.25, 0.3) is 11.4 Å². The maximum atomic E-state index is 12.5. The molecular formula is C20H20ClN3O2. The van der Waals surface area contributed by atoms with E-state index in [2.05, 4.69) is 16.2 Å².